The highest BCUT2D eigenvalue weighted by atomic mass is 16.7. The second-order valence-electron chi connectivity index (χ2n) is 3.68. The fourth-order valence-corrected chi connectivity index (χ4v) is 1.51. The molecule has 0 aromatic carbocycles. The molecule has 8 nitrogen and oxygen atoms in total. The minimum Gasteiger partial charge on any atom is -0.477 e. The van der Waals surface area contributed by atoms with Gasteiger partial charge in [-0.3, -0.25) is 0 Å². The van der Waals surface area contributed by atoms with Crippen molar-refractivity contribution in [1.82, 2.24) is 0 Å². The number of hydrogen-bond donors (Lipinski definition) is 6. The minimum atomic E-state index is -2.68. The minimum absolute atomic E-state index is 0.724. The highest BCUT2D eigenvalue weighted by Gasteiger charge is 2.52. The Hall–Kier alpha value is -0.770. The molecule has 1 aliphatic heterocycles. The van der Waals surface area contributed by atoms with E-state index in [1.54, 1.807) is 0 Å². The summed E-state index contributed by atoms with van der Waals surface area (Å²) in [5, 5.41) is 54.7. The number of rotatable bonds is 3. The topological polar surface area (TPSA) is 148 Å². The van der Waals surface area contributed by atoms with Crippen molar-refractivity contribution in [3.63, 3.8) is 0 Å². The number of aliphatic hydroxyl groups excluding tert-OH is 4. The van der Waals surface area contributed by atoms with Gasteiger partial charge in [0.15, 0.2) is 0 Å². The third-order valence-electron chi connectivity index (χ3n) is 2.45. The zero-order valence-electron chi connectivity index (χ0n) is 8.22. The Morgan fingerprint density at radius 3 is 2.50 bits per heavy atom. The smallest absolute Gasteiger partial charge is 0.364 e. The normalized spacial score (nSPS) is 41.7. The first-order valence-electron chi connectivity index (χ1n) is 4.60. The van der Waals surface area contributed by atoms with Crippen LogP contribution in [0.25, 0.3) is 0 Å². The summed E-state index contributed by atoms with van der Waals surface area (Å²) in [4.78, 5) is 10.7. The van der Waals surface area contributed by atoms with Gasteiger partial charge in [0.25, 0.3) is 5.79 Å². The average Bonchev–Trinajstić information content (AvgIpc) is 2.22. The lowest BCUT2D eigenvalue weighted by Gasteiger charge is -2.41. The molecule has 6 N–H and O–H groups in total. The van der Waals surface area contributed by atoms with E-state index in [1.165, 1.54) is 0 Å². The van der Waals surface area contributed by atoms with Crippen LogP contribution < -0.4 is 0 Å². The first-order chi connectivity index (χ1) is 7.31. The number of carboxylic acid groups (broad SMARTS) is 1. The molecule has 1 fully saturated rings. The molecule has 0 saturated carbocycles. The molecule has 1 aliphatic rings. The monoisotopic (exact) mass is 238 g/mol. The first-order valence-corrected chi connectivity index (χ1v) is 4.60. The van der Waals surface area contributed by atoms with Crippen LogP contribution in [0.5, 0.6) is 0 Å². The van der Waals surface area contributed by atoms with Crippen molar-refractivity contribution in [3.05, 3.63) is 0 Å². The summed E-state index contributed by atoms with van der Waals surface area (Å²) in [6.45, 7) is -0.801. The molecule has 94 valence electrons. The molecule has 0 spiro atoms. The second-order valence-corrected chi connectivity index (χ2v) is 3.68. The average molecular weight is 238 g/mol. The van der Waals surface area contributed by atoms with E-state index in [1.807, 2.05) is 0 Å². The number of aliphatic carboxylic acids is 1. The molecule has 1 heterocycles. The van der Waals surface area contributed by atoms with E-state index in [0.717, 1.165) is 0 Å². The van der Waals surface area contributed by atoms with E-state index in [4.69, 9.17) is 10.2 Å². The van der Waals surface area contributed by atoms with Gasteiger partial charge >= 0.3 is 5.97 Å². The molecule has 0 aliphatic carbocycles. The van der Waals surface area contributed by atoms with Gasteiger partial charge < -0.3 is 35.4 Å². The Labute approximate surface area is 90.3 Å². The maximum Gasteiger partial charge on any atom is 0.364 e. The molecule has 1 rings (SSSR count). The molecular weight excluding hydrogens is 224 g/mol. The van der Waals surface area contributed by atoms with Crippen molar-refractivity contribution < 1.29 is 40.2 Å². The van der Waals surface area contributed by atoms with Gasteiger partial charge in [-0.1, -0.05) is 0 Å². The van der Waals surface area contributed by atoms with Gasteiger partial charge in [-0.2, -0.15) is 0 Å². The van der Waals surface area contributed by atoms with Gasteiger partial charge in [-0.15, -0.1) is 0 Å². The van der Waals surface area contributed by atoms with Crippen LogP contribution in [0.2, 0.25) is 0 Å². The Morgan fingerprint density at radius 2 is 2.06 bits per heavy atom. The Balaban J connectivity index is 2.89. The Kier molecular flexibility index (Phi) is 3.84. The fourth-order valence-electron chi connectivity index (χ4n) is 1.51. The summed E-state index contributed by atoms with van der Waals surface area (Å²) in [7, 11) is 0. The summed E-state index contributed by atoms with van der Waals surface area (Å²) in [5.74, 6) is -4.42. The number of carbonyl (C=O) groups is 1. The van der Waals surface area contributed by atoms with Crippen LogP contribution in [-0.2, 0) is 9.53 Å². The molecule has 0 radical (unpaired) electrons. The van der Waals surface area contributed by atoms with E-state index in [9.17, 15) is 25.2 Å². The second kappa shape index (κ2) is 4.62. The van der Waals surface area contributed by atoms with E-state index in [0.29, 0.717) is 0 Å². The first kappa shape index (κ1) is 13.3. The standard InChI is InChI=1S/C8H14O8/c9-2-4(11)6-5(12)3(10)1-8(15,16-6)7(13)14/h3-6,9-12,15H,1-2H2,(H,13,14)/t3-,4?,5-,6-,8+/m1/s1. The lowest BCUT2D eigenvalue weighted by atomic mass is 9.93. The maximum absolute atomic E-state index is 10.7. The number of carboxylic acids is 1. The zero-order valence-corrected chi connectivity index (χ0v) is 8.22. The fraction of sp³-hybridized carbons (Fsp3) is 0.875. The van der Waals surface area contributed by atoms with Crippen molar-refractivity contribution in [3.8, 4) is 0 Å². The van der Waals surface area contributed by atoms with Crippen molar-refractivity contribution in [2.45, 2.75) is 36.6 Å². The van der Waals surface area contributed by atoms with Crippen LogP contribution in [0.3, 0.4) is 0 Å². The van der Waals surface area contributed by atoms with Crippen molar-refractivity contribution >= 4 is 5.97 Å². The summed E-state index contributed by atoms with van der Waals surface area (Å²) in [6.07, 6.45) is -7.05. The SMILES string of the molecule is O=C(O)[C@]1(O)C[C@@H](O)[C@@H](O)[C@@H](C(O)CO)O1. The lowest BCUT2D eigenvalue weighted by Crippen LogP contribution is -2.61. The van der Waals surface area contributed by atoms with Gasteiger partial charge in [0.05, 0.1) is 12.7 Å². The number of ether oxygens (including phenoxy) is 1. The highest BCUT2D eigenvalue weighted by Crippen LogP contribution is 2.29. The molecule has 0 bridgehead atoms. The van der Waals surface area contributed by atoms with Gasteiger partial charge in [0.1, 0.15) is 18.3 Å². The Morgan fingerprint density at radius 1 is 1.50 bits per heavy atom. The molecule has 0 aromatic rings. The van der Waals surface area contributed by atoms with Crippen molar-refractivity contribution in [2.75, 3.05) is 6.61 Å². The van der Waals surface area contributed by atoms with Gasteiger partial charge in [0, 0.05) is 6.42 Å². The molecule has 0 amide bonds. The Bertz CT molecular complexity index is 269. The highest BCUT2D eigenvalue weighted by molar-refractivity contribution is 5.75. The lowest BCUT2D eigenvalue weighted by molar-refractivity contribution is -0.308. The van der Waals surface area contributed by atoms with Crippen molar-refractivity contribution in [1.29, 1.82) is 0 Å². The summed E-state index contributed by atoms with van der Waals surface area (Å²) < 4.78 is 4.61. The van der Waals surface area contributed by atoms with Gasteiger partial charge in [0.2, 0.25) is 0 Å². The third kappa shape index (κ3) is 2.32. The largest absolute Gasteiger partial charge is 0.477 e. The molecular formula is C8H14O8. The van der Waals surface area contributed by atoms with Crippen LogP contribution >= 0.6 is 0 Å². The van der Waals surface area contributed by atoms with E-state index in [-0.39, 0.29) is 0 Å². The van der Waals surface area contributed by atoms with E-state index >= 15 is 0 Å². The summed E-state index contributed by atoms with van der Waals surface area (Å²) in [5.41, 5.74) is 0. The van der Waals surface area contributed by atoms with Crippen LogP contribution in [-0.4, -0.2) is 73.4 Å². The molecule has 0 aromatic heterocycles. The van der Waals surface area contributed by atoms with Crippen LogP contribution in [0.1, 0.15) is 6.42 Å². The van der Waals surface area contributed by atoms with Gasteiger partial charge in [-0.05, 0) is 0 Å². The van der Waals surface area contributed by atoms with E-state index in [2.05, 4.69) is 4.74 Å². The maximum atomic E-state index is 10.7. The van der Waals surface area contributed by atoms with Crippen LogP contribution in [0.15, 0.2) is 0 Å². The van der Waals surface area contributed by atoms with Crippen molar-refractivity contribution in [2.24, 2.45) is 0 Å². The molecule has 1 saturated heterocycles. The molecule has 16 heavy (non-hydrogen) atoms. The number of aliphatic hydroxyl groups is 5. The van der Waals surface area contributed by atoms with Gasteiger partial charge in [-0.25, -0.2) is 4.79 Å². The molecule has 8 heteroatoms. The quantitative estimate of drug-likeness (QED) is 0.298. The predicted molar refractivity (Wildman–Crippen MR) is 47.2 cm³/mol. The zero-order chi connectivity index (χ0) is 12.5. The van der Waals surface area contributed by atoms with E-state index < -0.39 is 49.2 Å². The predicted octanol–water partition coefficient (Wildman–Crippen LogP) is -3.38. The number of hydrogen-bond acceptors (Lipinski definition) is 7. The molecule has 5 atom stereocenters. The third-order valence-corrected chi connectivity index (χ3v) is 2.45. The summed E-state index contributed by atoms with van der Waals surface area (Å²) in [6, 6.07) is 0. The van der Waals surface area contributed by atoms with Crippen LogP contribution in [0, 0.1) is 0 Å². The van der Waals surface area contributed by atoms with Crippen LogP contribution in [0.4, 0.5) is 0 Å². The molecule has 1 unspecified atom stereocenters. The summed E-state index contributed by atoms with van der Waals surface area (Å²) >= 11 is 0.